The van der Waals surface area contributed by atoms with Gasteiger partial charge in [0.25, 0.3) is 10.1 Å². The summed E-state index contributed by atoms with van der Waals surface area (Å²) in [6, 6.07) is 13.9. The summed E-state index contributed by atoms with van der Waals surface area (Å²) >= 11 is 0. The van der Waals surface area contributed by atoms with Gasteiger partial charge in [-0.05, 0) is 18.6 Å². The van der Waals surface area contributed by atoms with E-state index in [0.717, 1.165) is 11.1 Å². The topological polar surface area (TPSA) is 54.4 Å². The van der Waals surface area contributed by atoms with Crippen LogP contribution in [-0.4, -0.2) is 13.0 Å². The lowest BCUT2D eigenvalue weighted by Crippen LogP contribution is -2.00. The van der Waals surface area contributed by atoms with E-state index in [9.17, 15) is 13.0 Å². The van der Waals surface area contributed by atoms with Gasteiger partial charge in [-0.1, -0.05) is 48.0 Å². The van der Waals surface area contributed by atoms with Crippen LogP contribution in [-0.2, 0) is 10.1 Å². The van der Waals surface area contributed by atoms with Gasteiger partial charge in [0.2, 0.25) is 0 Å². The highest BCUT2D eigenvalue weighted by atomic mass is 32.2. The van der Waals surface area contributed by atoms with Crippen molar-refractivity contribution in [2.24, 2.45) is 0 Å². The zero-order valence-electron chi connectivity index (χ0n) is 9.29. The van der Waals surface area contributed by atoms with E-state index in [4.69, 9.17) is 0 Å². The maximum absolute atomic E-state index is 11.3. The highest BCUT2D eigenvalue weighted by molar-refractivity contribution is 7.86. The molecule has 2 aromatic carbocycles. The van der Waals surface area contributed by atoms with Crippen LogP contribution in [0.1, 0.15) is 5.56 Å². The van der Waals surface area contributed by atoms with Gasteiger partial charge < -0.3 is 0 Å². The van der Waals surface area contributed by atoms with Crippen LogP contribution in [0.3, 0.4) is 0 Å². The van der Waals surface area contributed by atoms with E-state index in [2.05, 4.69) is 0 Å². The molecule has 2 aromatic rings. The molecule has 2 rings (SSSR count). The van der Waals surface area contributed by atoms with Gasteiger partial charge in [0.15, 0.2) is 0 Å². The average Bonchev–Trinajstić information content (AvgIpc) is 2.28. The summed E-state index contributed by atoms with van der Waals surface area (Å²) in [5.41, 5.74) is 2.32. The van der Waals surface area contributed by atoms with E-state index in [1.807, 2.05) is 31.2 Å². The van der Waals surface area contributed by atoms with E-state index in [1.165, 1.54) is 6.07 Å². The number of rotatable bonds is 2. The molecular formula is C13H12O3S. The first-order valence-electron chi connectivity index (χ1n) is 5.12. The summed E-state index contributed by atoms with van der Waals surface area (Å²) in [6.07, 6.45) is 0. The predicted octanol–water partition coefficient (Wildman–Crippen LogP) is 2.91. The van der Waals surface area contributed by atoms with Gasteiger partial charge in [-0.3, -0.25) is 4.55 Å². The molecule has 0 saturated heterocycles. The minimum Gasteiger partial charge on any atom is -0.282 e. The van der Waals surface area contributed by atoms with Crippen molar-refractivity contribution in [1.82, 2.24) is 0 Å². The highest BCUT2D eigenvalue weighted by Gasteiger charge is 2.15. The third kappa shape index (κ3) is 2.54. The number of benzene rings is 2. The van der Waals surface area contributed by atoms with Crippen LogP contribution in [0.5, 0.6) is 0 Å². The lowest BCUT2D eigenvalue weighted by Gasteiger charge is -2.07. The Bertz CT molecular complexity index is 645. The molecule has 0 heterocycles. The molecule has 0 aliphatic heterocycles. The normalized spacial score (nSPS) is 11.4. The first-order chi connectivity index (χ1) is 7.98. The molecule has 4 heteroatoms. The zero-order chi connectivity index (χ0) is 12.5. The molecule has 0 fully saturated rings. The lowest BCUT2D eigenvalue weighted by molar-refractivity contribution is 0.483. The minimum absolute atomic E-state index is 0.0643. The molecule has 0 bridgehead atoms. The number of hydrogen-bond acceptors (Lipinski definition) is 2. The first-order valence-corrected chi connectivity index (χ1v) is 6.56. The van der Waals surface area contributed by atoms with Crippen molar-refractivity contribution in [3.8, 4) is 11.1 Å². The third-order valence-corrected chi connectivity index (χ3v) is 3.41. The number of aryl methyl sites for hydroxylation is 1. The van der Waals surface area contributed by atoms with Gasteiger partial charge in [0.05, 0.1) is 0 Å². The van der Waals surface area contributed by atoms with Crippen molar-refractivity contribution in [3.05, 3.63) is 54.1 Å². The van der Waals surface area contributed by atoms with Crippen LogP contribution in [0, 0.1) is 6.92 Å². The van der Waals surface area contributed by atoms with Crippen molar-refractivity contribution < 1.29 is 13.0 Å². The smallest absolute Gasteiger partial charge is 0.282 e. The van der Waals surface area contributed by atoms with E-state index in [-0.39, 0.29) is 4.90 Å². The minimum atomic E-state index is -4.19. The summed E-state index contributed by atoms with van der Waals surface area (Å²) in [7, 11) is -4.19. The molecule has 0 amide bonds. The van der Waals surface area contributed by atoms with Crippen LogP contribution >= 0.6 is 0 Å². The molecule has 0 aliphatic carbocycles. The maximum Gasteiger partial charge on any atom is 0.295 e. The second-order valence-corrected chi connectivity index (χ2v) is 5.23. The highest BCUT2D eigenvalue weighted by Crippen LogP contribution is 2.27. The Hall–Kier alpha value is -1.65. The largest absolute Gasteiger partial charge is 0.295 e. The third-order valence-electron chi connectivity index (χ3n) is 2.49. The fourth-order valence-electron chi connectivity index (χ4n) is 1.74. The SMILES string of the molecule is Cc1cccc(-c2ccccc2S(=O)(=O)O)c1. The van der Waals surface area contributed by atoms with Gasteiger partial charge in [-0.25, -0.2) is 0 Å². The molecule has 17 heavy (non-hydrogen) atoms. The number of hydrogen-bond donors (Lipinski definition) is 1. The molecule has 88 valence electrons. The summed E-state index contributed by atoms with van der Waals surface area (Å²) in [5.74, 6) is 0. The fourth-order valence-corrected chi connectivity index (χ4v) is 2.46. The molecule has 3 nitrogen and oxygen atoms in total. The van der Waals surface area contributed by atoms with Crippen molar-refractivity contribution in [2.45, 2.75) is 11.8 Å². The monoisotopic (exact) mass is 248 g/mol. The Morgan fingerprint density at radius 3 is 2.35 bits per heavy atom. The Morgan fingerprint density at radius 2 is 1.71 bits per heavy atom. The van der Waals surface area contributed by atoms with Gasteiger partial charge in [0.1, 0.15) is 4.90 Å². The van der Waals surface area contributed by atoms with Gasteiger partial charge >= 0.3 is 0 Å². The fraction of sp³-hybridized carbons (Fsp3) is 0.0769. The van der Waals surface area contributed by atoms with Crippen LogP contribution in [0.15, 0.2) is 53.4 Å². The summed E-state index contributed by atoms with van der Waals surface area (Å²) in [6.45, 7) is 1.93. The van der Waals surface area contributed by atoms with E-state index in [0.29, 0.717) is 5.56 Å². The molecule has 0 saturated carbocycles. The molecular weight excluding hydrogens is 236 g/mol. The molecule has 0 atom stereocenters. The molecule has 0 radical (unpaired) electrons. The van der Waals surface area contributed by atoms with Crippen LogP contribution in [0.4, 0.5) is 0 Å². The lowest BCUT2D eigenvalue weighted by atomic mass is 10.0. The van der Waals surface area contributed by atoms with Crippen molar-refractivity contribution in [3.63, 3.8) is 0 Å². The zero-order valence-corrected chi connectivity index (χ0v) is 10.1. The van der Waals surface area contributed by atoms with E-state index >= 15 is 0 Å². The van der Waals surface area contributed by atoms with Crippen molar-refractivity contribution in [1.29, 1.82) is 0 Å². The van der Waals surface area contributed by atoms with Crippen LogP contribution in [0.2, 0.25) is 0 Å². The van der Waals surface area contributed by atoms with Gasteiger partial charge in [0, 0.05) is 5.56 Å². The van der Waals surface area contributed by atoms with Gasteiger partial charge in [-0.15, -0.1) is 0 Å². The maximum atomic E-state index is 11.3. The predicted molar refractivity (Wildman–Crippen MR) is 66.4 cm³/mol. The molecule has 0 aliphatic rings. The van der Waals surface area contributed by atoms with Crippen molar-refractivity contribution >= 4 is 10.1 Å². The Kier molecular flexibility index (Phi) is 3.00. The Balaban J connectivity index is 2.69. The molecule has 0 aromatic heterocycles. The van der Waals surface area contributed by atoms with E-state index in [1.54, 1.807) is 18.2 Å². The Morgan fingerprint density at radius 1 is 1.00 bits per heavy atom. The molecule has 0 spiro atoms. The first kappa shape index (κ1) is 11.8. The quantitative estimate of drug-likeness (QED) is 0.831. The second kappa shape index (κ2) is 4.31. The Labute approximate surface area is 100 Å². The molecule has 1 N–H and O–H groups in total. The molecule has 0 unspecified atom stereocenters. The summed E-state index contributed by atoms with van der Waals surface area (Å²) < 4.78 is 31.7. The van der Waals surface area contributed by atoms with Crippen molar-refractivity contribution in [2.75, 3.05) is 0 Å². The standard InChI is InChI=1S/C13H12O3S/c1-10-5-4-6-11(9-10)12-7-2-3-8-13(12)17(14,15)16/h2-9H,1H3,(H,14,15,16). The average molecular weight is 248 g/mol. The van der Waals surface area contributed by atoms with E-state index < -0.39 is 10.1 Å². The van der Waals surface area contributed by atoms with Crippen LogP contribution in [0.25, 0.3) is 11.1 Å². The second-order valence-electron chi connectivity index (χ2n) is 3.84. The summed E-state index contributed by atoms with van der Waals surface area (Å²) in [4.78, 5) is -0.0643. The van der Waals surface area contributed by atoms with Crippen LogP contribution < -0.4 is 0 Å². The summed E-state index contributed by atoms with van der Waals surface area (Å²) in [5, 5.41) is 0. The van der Waals surface area contributed by atoms with Gasteiger partial charge in [-0.2, -0.15) is 8.42 Å².